The van der Waals surface area contributed by atoms with E-state index in [-0.39, 0.29) is 5.91 Å². The summed E-state index contributed by atoms with van der Waals surface area (Å²) in [5.74, 6) is -0.312. The molecule has 3 heteroatoms. The molecular formula is C6H3NOS. The molecule has 0 saturated heterocycles. The number of dihydropyridines is 1. The third kappa shape index (κ3) is 1.19. The van der Waals surface area contributed by atoms with Crippen molar-refractivity contribution >= 4 is 29.4 Å². The smallest absolute Gasteiger partial charge is 0.266 e. The largest absolute Gasteiger partial charge is 0.285 e. The van der Waals surface area contributed by atoms with Crippen LogP contribution in [0, 0.1) is 0 Å². The maximum atomic E-state index is 10.6. The van der Waals surface area contributed by atoms with E-state index in [1.807, 2.05) is 0 Å². The number of hydrogen-bond donors (Lipinski definition) is 0. The molecule has 1 heterocycles. The lowest BCUT2D eigenvalue weighted by Gasteiger charge is -1.92. The van der Waals surface area contributed by atoms with Crippen molar-refractivity contribution in [2.45, 2.75) is 0 Å². The monoisotopic (exact) mass is 137 g/mol. The summed E-state index contributed by atoms with van der Waals surface area (Å²) in [6.45, 7) is 0. The van der Waals surface area contributed by atoms with Gasteiger partial charge in [0.05, 0.1) is 5.57 Å². The van der Waals surface area contributed by atoms with Crippen LogP contribution in [0.15, 0.2) is 22.7 Å². The molecule has 1 aliphatic heterocycles. The van der Waals surface area contributed by atoms with Crippen LogP contribution >= 0.6 is 12.2 Å². The van der Waals surface area contributed by atoms with Gasteiger partial charge in [-0.05, 0) is 29.4 Å². The zero-order valence-corrected chi connectivity index (χ0v) is 5.31. The maximum Gasteiger partial charge on any atom is 0.285 e. The summed E-state index contributed by atoms with van der Waals surface area (Å²) < 4.78 is 0. The van der Waals surface area contributed by atoms with Gasteiger partial charge in [0.2, 0.25) is 0 Å². The number of aliphatic imine (C=N–C) groups is 1. The van der Waals surface area contributed by atoms with Crippen molar-refractivity contribution in [2.75, 3.05) is 0 Å². The first-order valence-electron chi connectivity index (χ1n) is 2.35. The topological polar surface area (TPSA) is 29.4 Å². The van der Waals surface area contributed by atoms with Crippen LogP contribution < -0.4 is 0 Å². The molecule has 1 aliphatic rings. The van der Waals surface area contributed by atoms with Gasteiger partial charge in [-0.1, -0.05) is 0 Å². The van der Waals surface area contributed by atoms with Gasteiger partial charge in [-0.15, -0.1) is 0 Å². The number of thiocarbonyl (C=S) groups is 1. The van der Waals surface area contributed by atoms with E-state index in [1.165, 1.54) is 6.21 Å². The Morgan fingerprint density at radius 2 is 2.44 bits per heavy atom. The molecule has 0 atom stereocenters. The number of carbonyl (C=O) groups is 1. The molecule has 1 rings (SSSR count). The Balaban J connectivity index is 3.04. The molecule has 9 heavy (non-hydrogen) atoms. The van der Waals surface area contributed by atoms with Crippen molar-refractivity contribution in [3.8, 4) is 0 Å². The fourth-order valence-electron chi connectivity index (χ4n) is 0.468. The lowest BCUT2D eigenvalue weighted by atomic mass is 10.2. The van der Waals surface area contributed by atoms with Crippen LogP contribution in [0.25, 0.3) is 0 Å². The highest BCUT2D eigenvalue weighted by Gasteiger charge is 2.04. The Morgan fingerprint density at radius 3 is 2.89 bits per heavy atom. The molecule has 44 valence electrons. The lowest BCUT2D eigenvalue weighted by Crippen LogP contribution is -1.99. The van der Waals surface area contributed by atoms with E-state index in [2.05, 4.69) is 22.2 Å². The van der Waals surface area contributed by atoms with Crippen LogP contribution in [0.1, 0.15) is 0 Å². The van der Waals surface area contributed by atoms with Gasteiger partial charge in [-0.25, -0.2) is 4.99 Å². The highest BCUT2D eigenvalue weighted by Crippen LogP contribution is 1.98. The molecule has 0 N–H and O–H groups in total. The summed E-state index contributed by atoms with van der Waals surface area (Å²) in [4.78, 5) is 14.1. The fraction of sp³-hybridized carbons (Fsp3) is 0. The van der Waals surface area contributed by atoms with Gasteiger partial charge < -0.3 is 0 Å². The van der Waals surface area contributed by atoms with Crippen LogP contribution in [0.2, 0.25) is 0 Å². The van der Waals surface area contributed by atoms with E-state index >= 15 is 0 Å². The zero-order valence-electron chi connectivity index (χ0n) is 4.50. The second-order valence-corrected chi connectivity index (χ2v) is 1.66. The van der Waals surface area contributed by atoms with Gasteiger partial charge in [-0.3, -0.25) is 4.79 Å². The molecule has 0 aliphatic carbocycles. The molecule has 0 aromatic rings. The number of carbonyl (C=O) groups excluding carboxylic acids is 1. The molecule has 0 fully saturated rings. The average Bonchev–Trinajstić information content (AvgIpc) is 1.89. The first-order valence-corrected chi connectivity index (χ1v) is 2.75. The molecule has 0 radical (unpaired) electrons. The highest BCUT2D eigenvalue weighted by molar-refractivity contribution is 7.78. The summed E-state index contributed by atoms with van der Waals surface area (Å²) in [5.41, 5.74) is 0.354. The van der Waals surface area contributed by atoms with Gasteiger partial charge in [0, 0.05) is 6.21 Å². The molecule has 0 unspecified atom stereocenters. The van der Waals surface area contributed by atoms with E-state index in [0.29, 0.717) is 5.57 Å². The van der Waals surface area contributed by atoms with E-state index in [9.17, 15) is 4.79 Å². The quantitative estimate of drug-likeness (QED) is 0.363. The number of nitrogens with zero attached hydrogens (tertiary/aromatic N) is 1. The SMILES string of the molecule is O=C1N=CC=CC1=C=S. The predicted molar refractivity (Wildman–Crippen MR) is 38.8 cm³/mol. The Kier molecular flexibility index (Phi) is 1.68. The van der Waals surface area contributed by atoms with Gasteiger partial charge in [-0.2, -0.15) is 0 Å². The van der Waals surface area contributed by atoms with Crippen molar-refractivity contribution in [1.82, 2.24) is 0 Å². The van der Waals surface area contributed by atoms with Crippen LogP contribution in [-0.2, 0) is 4.79 Å². The second-order valence-electron chi connectivity index (χ2n) is 1.46. The Bertz CT molecular complexity index is 246. The molecule has 0 aromatic carbocycles. The number of hydrogen-bond acceptors (Lipinski definition) is 2. The normalized spacial score (nSPS) is 16.0. The Hall–Kier alpha value is -1.05. The standard InChI is InChI=1S/C6H3NOS/c8-6-5(4-9)2-1-3-7-6/h1-3H. The molecule has 0 aromatic heterocycles. The van der Waals surface area contributed by atoms with Crippen molar-refractivity contribution in [3.05, 3.63) is 17.7 Å². The average molecular weight is 137 g/mol. The first-order chi connectivity index (χ1) is 4.34. The summed E-state index contributed by atoms with van der Waals surface area (Å²) in [7, 11) is 0. The molecule has 1 amide bonds. The van der Waals surface area contributed by atoms with Crippen LogP contribution in [0.3, 0.4) is 0 Å². The third-order valence-corrected chi connectivity index (χ3v) is 1.10. The van der Waals surface area contributed by atoms with Gasteiger partial charge >= 0.3 is 0 Å². The molecule has 0 saturated carbocycles. The van der Waals surface area contributed by atoms with E-state index < -0.39 is 0 Å². The predicted octanol–water partition coefficient (Wildman–Crippen LogP) is 0.679. The number of rotatable bonds is 0. The summed E-state index contributed by atoms with van der Waals surface area (Å²) in [6.07, 6.45) is 4.66. The summed E-state index contributed by atoms with van der Waals surface area (Å²) in [5, 5.41) is 2.30. The molecular weight excluding hydrogens is 134 g/mol. The lowest BCUT2D eigenvalue weighted by molar-refractivity contribution is -0.113. The van der Waals surface area contributed by atoms with Crippen molar-refractivity contribution in [1.29, 1.82) is 0 Å². The molecule has 2 nitrogen and oxygen atoms in total. The van der Waals surface area contributed by atoms with E-state index in [0.717, 1.165) is 0 Å². The maximum absolute atomic E-state index is 10.6. The highest BCUT2D eigenvalue weighted by atomic mass is 32.1. The van der Waals surface area contributed by atoms with Crippen molar-refractivity contribution < 1.29 is 4.79 Å². The Labute approximate surface area is 57.6 Å². The summed E-state index contributed by atoms with van der Waals surface area (Å²) in [6, 6.07) is 0. The molecule has 0 bridgehead atoms. The van der Waals surface area contributed by atoms with Crippen LogP contribution in [-0.4, -0.2) is 17.1 Å². The minimum Gasteiger partial charge on any atom is -0.266 e. The van der Waals surface area contributed by atoms with Crippen LogP contribution in [0.4, 0.5) is 0 Å². The van der Waals surface area contributed by atoms with Crippen LogP contribution in [0.5, 0.6) is 0 Å². The number of amides is 1. The van der Waals surface area contributed by atoms with Crippen molar-refractivity contribution in [3.63, 3.8) is 0 Å². The van der Waals surface area contributed by atoms with Gasteiger partial charge in [0.25, 0.3) is 5.91 Å². The zero-order chi connectivity index (χ0) is 6.69. The van der Waals surface area contributed by atoms with Gasteiger partial charge in [0.1, 0.15) is 0 Å². The second kappa shape index (κ2) is 2.49. The third-order valence-electron chi connectivity index (χ3n) is 0.881. The number of allylic oxidation sites excluding steroid dienone is 1. The molecule has 0 spiro atoms. The first kappa shape index (κ1) is 6.08. The minimum atomic E-state index is -0.312. The Morgan fingerprint density at radius 1 is 1.67 bits per heavy atom. The van der Waals surface area contributed by atoms with E-state index in [1.54, 1.807) is 12.2 Å². The fourth-order valence-corrected chi connectivity index (χ4v) is 0.624. The summed E-state index contributed by atoms with van der Waals surface area (Å²) >= 11 is 4.42. The van der Waals surface area contributed by atoms with E-state index in [4.69, 9.17) is 0 Å². The van der Waals surface area contributed by atoms with Crippen molar-refractivity contribution in [2.24, 2.45) is 4.99 Å². The minimum absolute atomic E-state index is 0.312. The van der Waals surface area contributed by atoms with Gasteiger partial charge in [0.15, 0.2) is 0 Å².